The average Bonchev–Trinajstić information content (AvgIpc) is 2.96. The number of rotatable bonds is 4. The standard InChI is InChI=1S/C21H24N4O2S/c1-13-6-5-7-14(10-13)19-23-24-20(28)25(19)12-18(27)22-16-11-15(21(2,3)4)8-9-17(16)26/h5-11,26H,12H2,1-4H3,(H,22,27)(H,24,28). The van der Waals surface area contributed by atoms with E-state index >= 15 is 0 Å². The fourth-order valence-corrected chi connectivity index (χ4v) is 3.10. The minimum atomic E-state index is -0.298. The molecule has 146 valence electrons. The molecular formula is C21H24N4O2S. The fourth-order valence-electron chi connectivity index (χ4n) is 2.90. The molecule has 1 heterocycles. The summed E-state index contributed by atoms with van der Waals surface area (Å²) in [5, 5.41) is 19.9. The van der Waals surface area contributed by atoms with Gasteiger partial charge in [-0.2, -0.15) is 5.10 Å². The molecular weight excluding hydrogens is 372 g/mol. The number of hydrogen-bond donors (Lipinski definition) is 3. The maximum atomic E-state index is 12.7. The van der Waals surface area contributed by atoms with Gasteiger partial charge in [0, 0.05) is 5.56 Å². The lowest BCUT2D eigenvalue weighted by Gasteiger charge is -2.20. The van der Waals surface area contributed by atoms with E-state index in [0.717, 1.165) is 16.7 Å². The summed E-state index contributed by atoms with van der Waals surface area (Å²) < 4.78 is 2.00. The van der Waals surface area contributed by atoms with Gasteiger partial charge in [-0.05, 0) is 48.3 Å². The van der Waals surface area contributed by atoms with E-state index in [1.807, 2.05) is 37.3 Å². The van der Waals surface area contributed by atoms with E-state index in [9.17, 15) is 9.90 Å². The molecule has 7 heteroatoms. The van der Waals surface area contributed by atoms with Gasteiger partial charge in [0.25, 0.3) is 0 Å². The van der Waals surface area contributed by atoms with Gasteiger partial charge in [-0.15, -0.1) is 0 Å². The second-order valence-corrected chi connectivity index (χ2v) is 8.22. The Kier molecular flexibility index (Phi) is 5.38. The molecule has 1 aromatic heterocycles. The lowest BCUT2D eigenvalue weighted by atomic mass is 9.87. The lowest BCUT2D eigenvalue weighted by Crippen LogP contribution is -2.20. The van der Waals surface area contributed by atoms with Crippen molar-refractivity contribution >= 4 is 23.8 Å². The topological polar surface area (TPSA) is 82.9 Å². The Labute approximate surface area is 169 Å². The number of aromatic nitrogens is 3. The van der Waals surface area contributed by atoms with E-state index in [-0.39, 0.29) is 23.6 Å². The van der Waals surface area contributed by atoms with Crippen molar-refractivity contribution in [3.8, 4) is 17.1 Å². The van der Waals surface area contributed by atoms with Crippen LogP contribution in [0.4, 0.5) is 5.69 Å². The third-order valence-electron chi connectivity index (χ3n) is 4.47. The van der Waals surface area contributed by atoms with Crippen LogP contribution in [-0.2, 0) is 16.8 Å². The highest BCUT2D eigenvalue weighted by atomic mass is 32.1. The molecule has 28 heavy (non-hydrogen) atoms. The first kappa shape index (κ1) is 19.8. The molecule has 0 aliphatic heterocycles. The van der Waals surface area contributed by atoms with Crippen LogP contribution in [0, 0.1) is 11.7 Å². The number of carbonyl (C=O) groups excluding carboxylic acids is 1. The molecule has 0 atom stereocenters. The monoisotopic (exact) mass is 396 g/mol. The molecule has 0 aliphatic rings. The molecule has 0 radical (unpaired) electrons. The Hall–Kier alpha value is -2.93. The summed E-state index contributed by atoms with van der Waals surface area (Å²) in [7, 11) is 0. The van der Waals surface area contributed by atoms with Crippen molar-refractivity contribution in [2.75, 3.05) is 5.32 Å². The van der Waals surface area contributed by atoms with Crippen molar-refractivity contribution in [3.05, 3.63) is 58.4 Å². The Morgan fingerprint density at radius 3 is 2.68 bits per heavy atom. The van der Waals surface area contributed by atoms with E-state index in [1.165, 1.54) is 0 Å². The van der Waals surface area contributed by atoms with E-state index in [4.69, 9.17) is 12.2 Å². The van der Waals surface area contributed by atoms with Crippen LogP contribution in [0.15, 0.2) is 42.5 Å². The second-order valence-electron chi connectivity index (χ2n) is 7.84. The van der Waals surface area contributed by atoms with Gasteiger partial charge in [0.2, 0.25) is 5.91 Å². The number of nitrogens with one attached hydrogen (secondary N) is 2. The van der Waals surface area contributed by atoms with E-state index in [1.54, 1.807) is 16.7 Å². The zero-order valence-electron chi connectivity index (χ0n) is 16.4. The first-order chi connectivity index (χ1) is 13.1. The number of H-pyrrole nitrogens is 1. The molecule has 0 aliphatic carbocycles. The molecule has 6 nitrogen and oxygen atoms in total. The highest BCUT2D eigenvalue weighted by molar-refractivity contribution is 7.71. The van der Waals surface area contributed by atoms with E-state index in [0.29, 0.717) is 16.3 Å². The summed E-state index contributed by atoms with van der Waals surface area (Å²) in [4.78, 5) is 12.7. The number of nitrogens with zero attached hydrogens (tertiary/aromatic N) is 2. The molecule has 3 aromatic rings. The van der Waals surface area contributed by atoms with Crippen molar-refractivity contribution in [2.45, 2.75) is 39.7 Å². The van der Waals surface area contributed by atoms with Gasteiger partial charge < -0.3 is 10.4 Å². The van der Waals surface area contributed by atoms with Gasteiger partial charge >= 0.3 is 0 Å². The van der Waals surface area contributed by atoms with Gasteiger partial charge in [-0.1, -0.05) is 50.6 Å². The van der Waals surface area contributed by atoms with Crippen LogP contribution in [0.2, 0.25) is 0 Å². The SMILES string of the molecule is Cc1cccc(-c2n[nH]c(=S)n2CC(=O)Nc2cc(C(C)(C)C)ccc2O)c1. The normalized spacial score (nSPS) is 11.4. The summed E-state index contributed by atoms with van der Waals surface area (Å²) in [6.45, 7) is 8.20. The molecule has 0 saturated heterocycles. The zero-order valence-corrected chi connectivity index (χ0v) is 17.2. The molecule has 0 spiro atoms. The minimum Gasteiger partial charge on any atom is -0.506 e. The molecule has 0 unspecified atom stereocenters. The third-order valence-corrected chi connectivity index (χ3v) is 4.78. The Bertz CT molecular complexity index is 1080. The van der Waals surface area contributed by atoms with Crippen LogP contribution in [0.1, 0.15) is 31.9 Å². The first-order valence-electron chi connectivity index (χ1n) is 9.01. The quantitative estimate of drug-likeness (QED) is 0.446. The second kappa shape index (κ2) is 7.59. The summed E-state index contributed by atoms with van der Waals surface area (Å²) in [5.41, 5.74) is 3.26. The molecule has 0 saturated carbocycles. The van der Waals surface area contributed by atoms with Gasteiger partial charge in [0.15, 0.2) is 10.6 Å². The molecule has 3 rings (SSSR count). The van der Waals surface area contributed by atoms with Crippen LogP contribution >= 0.6 is 12.2 Å². The molecule has 2 aromatic carbocycles. The highest BCUT2D eigenvalue weighted by Gasteiger charge is 2.18. The Morgan fingerprint density at radius 2 is 2.00 bits per heavy atom. The van der Waals surface area contributed by atoms with Crippen molar-refractivity contribution in [3.63, 3.8) is 0 Å². The lowest BCUT2D eigenvalue weighted by molar-refractivity contribution is -0.116. The molecule has 3 N–H and O–H groups in total. The van der Waals surface area contributed by atoms with Crippen LogP contribution in [-0.4, -0.2) is 25.8 Å². The van der Waals surface area contributed by atoms with Crippen LogP contribution < -0.4 is 5.32 Å². The number of aromatic amines is 1. The van der Waals surface area contributed by atoms with Gasteiger partial charge in [0.1, 0.15) is 12.3 Å². The number of phenols is 1. The van der Waals surface area contributed by atoms with E-state index < -0.39 is 0 Å². The van der Waals surface area contributed by atoms with Gasteiger partial charge in [-0.25, -0.2) is 0 Å². The van der Waals surface area contributed by atoms with Crippen LogP contribution in [0.3, 0.4) is 0 Å². The Balaban J connectivity index is 1.86. The van der Waals surface area contributed by atoms with Gasteiger partial charge in [-0.3, -0.25) is 14.5 Å². The predicted molar refractivity (Wildman–Crippen MR) is 113 cm³/mol. The predicted octanol–water partition coefficient (Wildman–Crippen LogP) is 4.56. The van der Waals surface area contributed by atoms with Gasteiger partial charge in [0.05, 0.1) is 5.69 Å². The van der Waals surface area contributed by atoms with Crippen LogP contribution in [0.25, 0.3) is 11.4 Å². The van der Waals surface area contributed by atoms with Crippen LogP contribution in [0.5, 0.6) is 5.75 Å². The van der Waals surface area contributed by atoms with Crippen molar-refractivity contribution in [2.24, 2.45) is 0 Å². The highest BCUT2D eigenvalue weighted by Crippen LogP contribution is 2.30. The number of aryl methyl sites for hydroxylation is 1. The molecule has 0 fully saturated rings. The smallest absolute Gasteiger partial charge is 0.244 e. The van der Waals surface area contributed by atoms with Crippen molar-refractivity contribution in [1.29, 1.82) is 0 Å². The third kappa shape index (κ3) is 4.31. The summed E-state index contributed by atoms with van der Waals surface area (Å²) in [6, 6.07) is 13.1. The average molecular weight is 397 g/mol. The Morgan fingerprint density at radius 1 is 1.25 bits per heavy atom. The summed E-state index contributed by atoms with van der Waals surface area (Å²) in [5.74, 6) is 0.320. The first-order valence-corrected chi connectivity index (χ1v) is 9.41. The largest absolute Gasteiger partial charge is 0.506 e. The number of phenolic OH excluding ortho intramolecular Hbond substituents is 1. The maximum absolute atomic E-state index is 12.7. The van der Waals surface area contributed by atoms with Crippen molar-refractivity contribution < 1.29 is 9.90 Å². The molecule has 1 amide bonds. The minimum absolute atomic E-state index is 0.0161. The number of carbonyl (C=O) groups is 1. The molecule has 0 bridgehead atoms. The number of hydrogen-bond acceptors (Lipinski definition) is 4. The fraction of sp³-hybridized carbons (Fsp3) is 0.286. The summed E-state index contributed by atoms with van der Waals surface area (Å²) >= 11 is 5.30. The number of anilines is 1. The zero-order chi connectivity index (χ0) is 20.5. The summed E-state index contributed by atoms with van der Waals surface area (Å²) in [6.07, 6.45) is 0. The maximum Gasteiger partial charge on any atom is 0.244 e. The van der Waals surface area contributed by atoms with Crippen molar-refractivity contribution in [1.82, 2.24) is 14.8 Å². The van der Waals surface area contributed by atoms with E-state index in [2.05, 4.69) is 36.3 Å². The number of amides is 1. The number of benzene rings is 2. The number of aromatic hydroxyl groups is 1.